The maximum Gasteiger partial charge on any atom is 0.407 e. The van der Waals surface area contributed by atoms with Crippen LogP contribution in [0.1, 0.15) is 22.6 Å². The van der Waals surface area contributed by atoms with Crippen LogP contribution in [-0.4, -0.2) is 31.3 Å². The third-order valence-corrected chi connectivity index (χ3v) is 7.02. The van der Waals surface area contributed by atoms with Gasteiger partial charge in [-0.25, -0.2) is 22.8 Å². The fraction of sp³-hybridized carbons (Fsp3) is 0.152. The van der Waals surface area contributed by atoms with E-state index in [0.29, 0.717) is 11.3 Å². The minimum atomic E-state index is -2.41. The van der Waals surface area contributed by atoms with Gasteiger partial charge in [-0.15, -0.1) is 0 Å². The number of halogens is 5. The Morgan fingerprint density at radius 3 is 1.91 bits per heavy atom. The maximum atomic E-state index is 14.3. The van der Waals surface area contributed by atoms with Gasteiger partial charge in [0.25, 0.3) is 0 Å². The number of fused-ring (bicyclic) bond motifs is 3. The normalized spacial score (nSPS) is 12.6. The number of carbonyl (C=O) groups excluding carboxylic acids is 2. The molecular weight excluding hydrogens is 585 g/mol. The molecule has 11 heteroatoms. The summed E-state index contributed by atoms with van der Waals surface area (Å²) in [7, 11) is 0. The number of hydrogen-bond donors (Lipinski definition) is 1. The summed E-state index contributed by atoms with van der Waals surface area (Å²) in [5.41, 5.74) is 4.28. The zero-order chi connectivity index (χ0) is 31.4. The molecule has 0 heterocycles. The predicted molar refractivity (Wildman–Crippen MR) is 150 cm³/mol. The standard InChI is InChI=1S/C33H24F5NO5/c1-2-15-42-19-13-11-18(12-14-19)16-25(32(40)44-31-29(37)27(35)26(34)28(36)30(31)38)39-33(41)43-17-24-22-9-5-3-7-20(22)21-8-4-6-10-23(21)24/h2-14,24-25H,1,15-17H2,(H,39,41)/t25-/m0/s1. The van der Waals surface area contributed by atoms with Gasteiger partial charge in [0.15, 0.2) is 0 Å². The van der Waals surface area contributed by atoms with Crippen molar-refractivity contribution in [3.05, 3.63) is 131 Å². The zero-order valence-electron chi connectivity index (χ0n) is 22.9. The van der Waals surface area contributed by atoms with E-state index in [-0.39, 0.29) is 25.6 Å². The third kappa shape index (κ3) is 6.12. The highest BCUT2D eigenvalue weighted by Gasteiger charge is 2.33. The fourth-order valence-electron chi connectivity index (χ4n) is 4.93. The van der Waals surface area contributed by atoms with Crippen LogP contribution >= 0.6 is 0 Å². The first-order valence-electron chi connectivity index (χ1n) is 13.4. The Hall–Kier alpha value is -5.19. The molecule has 1 atom stereocenters. The van der Waals surface area contributed by atoms with Crippen molar-refractivity contribution in [1.82, 2.24) is 5.32 Å². The molecule has 5 rings (SSSR count). The Bertz CT molecular complexity index is 1650. The number of amides is 1. The van der Waals surface area contributed by atoms with Crippen LogP contribution in [-0.2, 0) is 16.0 Å². The number of carbonyl (C=O) groups is 2. The zero-order valence-corrected chi connectivity index (χ0v) is 22.9. The van der Waals surface area contributed by atoms with Gasteiger partial charge in [-0.2, -0.15) is 8.78 Å². The van der Waals surface area contributed by atoms with Gasteiger partial charge in [-0.3, -0.25) is 0 Å². The average molecular weight is 610 g/mol. The summed E-state index contributed by atoms with van der Waals surface area (Å²) < 4.78 is 85.0. The third-order valence-electron chi connectivity index (χ3n) is 7.02. The van der Waals surface area contributed by atoms with Crippen LogP contribution in [0, 0.1) is 29.1 Å². The molecule has 1 aliphatic carbocycles. The molecule has 6 nitrogen and oxygen atoms in total. The minimum Gasteiger partial charge on any atom is -0.490 e. The van der Waals surface area contributed by atoms with E-state index >= 15 is 0 Å². The van der Waals surface area contributed by atoms with Gasteiger partial charge in [0.2, 0.25) is 34.8 Å². The van der Waals surface area contributed by atoms with Crippen molar-refractivity contribution in [2.45, 2.75) is 18.4 Å². The maximum absolute atomic E-state index is 14.3. The molecule has 0 bridgehead atoms. The number of benzene rings is 4. The summed E-state index contributed by atoms with van der Waals surface area (Å²) in [5.74, 6) is -14.8. The van der Waals surface area contributed by atoms with Crippen molar-refractivity contribution in [3.63, 3.8) is 0 Å². The molecule has 0 radical (unpaired) electrons. The summed E-state index contributed by atoms with van der Waals surface area (Å²) in [5, 5.41) is 2.30. The molecule has 0 unspecified atom stereocenters. The highest BCUT2D eigenvalue weighted by Crippen LogP contribution is 2.44. The molecule has 1 aliphatic rings. The van der Waals surface area contributed by atoms with Gasteiger partial charge in [-0.05, 0) is 39.9 Å². The van der Waals surface area contributed by atoms with E-state index in [4.69, 9.17) is 9.47 Å². The molecule has 1 N–H and O–H groups in total. The van der Waals surface area contributed by atoms with E-state index in [2.05, 4.69) is 16.6 Å². The topological polar surface area (TPSA) is 73.9 Å². The second kappa shape index (κ2) is 13.0. The van der Waals surface area contributed by atoms with Crippen LogP contribution in [0.2, 0.25) is 0 Å². The average Bonchev–Trinajstić information content (AvgIpc) is 3.36. The molecule has 4 aromatic carbocycles. The van der Waals surface area contributed by atoms with Crippen LogP contribution in [0.4, 0.5) is 26.7 Å². The van der Waals surface area contributed by atoms with E-state index in [0.717, 1.165) is 22.3 Å². The lowest BCUT2D eigenvalue weighted by Crippen LogP contribution is -2.45. The summed E-state index contributed by atoms with van der Waals surface area (Å²) >= 11 is 0. The molecular formula is C33H24F5NO5. The Morgan fingerprint density at radius 2 is 1.34 bits per heavy atom. The summed E-state index contributed by atoms with van der Waals surface area (Å²) in [6.07, 6.45) is 0.176. The van der Waals surface area contributed by atoms with Gasteiger partial charge in [0.05, 0.1) is 0 Å². The number of esters is 1. The molecule has 226 valence electrons. The quantitative estimate of drug-likeness (QED) is 0.0524. The van der Waals surface area contributed by atoms with E-state index in [1.165, 1.54) is 6.08 Å². The molecule has 0 fully saturated rings. The number of rotatable bonds is 10. The number of nitrogens with one attached hydrogen (secondary N) is 1. The summed E-state index contributed by atoms with van der Waals surface area (Å²) in [6.45, 7) is 3.67. The van der Waals surface area contributed by atoms with Crippen molar-refractivity contribution < 1.29 is 45.8 Å². The van der Waals surface area contributed by atoms with E-state index in [9.17, 15) is 31.5 Å². The second-order valence-electron chi connectivity index (χ2n) is 9.79. The van der Waals surface area contributed by atoms with Crippen molar-refractivity contribution in [3.8, 4) is 22.6 Å². The minimum absolute atomic E-state index is 0.116. The van der Waals surface area contributed by atoms with Crippen molar-refractivity contribution in [2.24, 2.45) is 0 Å². The lowest BCUT2D eigenvalue weighted by atomic mass is 9.98. The summed E-state index contributed by atoms with van der Waals surface area (Å²) in [4.78, 5) is 26.0. The molecule has 0 aromatic heterocycles. The van der Waals surface area contributed by atoms with Crippen LogP contribution in [0.5, 0.6) is 11.5 Å². The van der Waals surface area contributed by atoms with Crippen LogP contribution in [0.3, 0.4) is 0 Å². The van der Waals surface area contributed by atoms with Crippen LogP contribution in [0.25, 0.3) is 11.1 Å². The second-order valence-corrected chi connectivity index (χ2v) is 9.79. The molecule has 0 aliphatic heterocycles. The van der Waals surface area contributed by atoms with Crippen molar-refractivity contribution in [1.29, 1.82) is 0 Å². The van der Waals surface area contributed by atoms with Gasteiger partial charge in [0, 0.05) is 12.3 Å². The number of hydrogen-bond acceptors (Lipinski definition) is 5. The van der Waals surface area contributed by atoms with E-state index in [1.54, 1.807) is 24.3 Å². The SMILES string of the molecule is C=CCOc1ccc(C[C@H](NC(=O)OCC2c3ccccc3-c3ccccc32)C(=O)Oc2c(F)c(F)c(F)c(F)c2F)cc1. The highest BCUT2D eigenvalue weighted by atomic mass is 19.2. The number of alkyl carbamates (subject to hydrolysis) is 1. The molecule has 0 saturated heterocycles. The molecule has 4 aromatic rings. The Balaban J connectivity index is 1.35. The van der Waals surface area contributed by atoms with Crippen molar-refractivity contribution >= 4 is 12.1 Å². The lowest BCUT2D eigenvalue weighted by molar-refractivity contribution is -0.137. The molecule has 1 amide bonds. The largest absolute Gasteiger partial charge is 0.490 e. The van der Waals surface area contributed by atoms with Gasteiger partial charge in [-0.1, -0.05) is 73.3 Å². The Labute approximate surface area is 248 Å². The smallest absolute Gasteiger partial charge is 0.407 e. The highest BCUT2D eigenvalue weighted by molar-refractivity contribution is 5.84. The first-order chi connectivity index (χ1) is 21.2. The van der Waals surface area contributed by atoms with Gasteiger partial charge < -0.3 is 19.5 Å². The molecule has 0 spiro atoms. The van der Waals surface area contributed by atoms with Crippen molar-refractivity contribution in [2.75, 3.05) is 13.2 Å². The fourth-order valence-corrected chi connectivity index (χ4v) is 4.93. The monoisotopic (exact) mass is 609 g/mol. The van der Waals surface area contributed by atoms with Gasteiger partial charge >= 0.3 is 12.1 Å². The number of ether oxygens (including phenoxy) is 3. The Morgan fingerprint density at radius 1 is 0.795 bits per heavy atom. The molecule has 44 heavy (non-hydrogen) atoms. The van der Waals surface area contributed by atoms with E-state index in [1.807, 2.05) is 48.5 Å². The first kappa shape index (κ1) is 30.3. The summed E-state index contributed by atoms with van der Waals surface area (Å²) in [6, 6.07) is 19.8. The van der Waals surface area contributed by atoms with Crippen LogP contribution in [0.15, 0.2) is 85.5 Å². The first-order valence-corrected chi connectivity index (χ1v) is 13.4. The van der Waals surface area contributed by atoms with Crippen LogP contribution < -0.4 is 14.8 Å². The lowest BCUT2D eigenvalue weighted by Gasteiger charge is -2.20. The van der Waals surface area contributed by atoms with E-state index < -0.39 is 52.9 Å². The Kier molecular flexibility index (Phi) is 8.94. The predicted octanol–water partition coefficient (Wildman–Crippen LogP) is 7.00. The molecule has 0 saturated carbocycles. The van der Waals surface area contributed by atoms with Gasteiger partial charge in [0.1, 0.15) is 25.0 Å².